The molecule has 0 atom stereocenters. The largest absolute Gasteiger partial charge is 0.330 e. The zero-order chi connectivity index (χ0) is 14.6. The molecule has 1 aromatic carbocycles. The van der Waals surface area contributed by atoms with Crippen LogP contribution in [0.2, 0.25) is 0 Å². The minimum atomic E-state index is -2.43. The van der Waals surface area contributed by atoms with Crippen LogP contribution < -0.4 is 11.1 Å². The van der Waals surface area contributed by atoms with Crippen LogP contribution in [0, 0.1) is 5.41 Å². The highest BCUT2D eigenvalue weighted by Crippen LogP contribution is 2.43. The van der Waals surface area contributed by atoms with E-state index in [2.05, 4.69) is 5.32 Å². The predicted octanol–water partition coefficient (Wildman–Crippen LogP) is 3.46. The summed E-state index contributed by atoms with van der Waals surface area (Å²) in [6.07, 6.45) is 3.56. The van der Waals surface area contributed by atoms with E-state index in [0.717, 1.165) is 19.3 Å². The molecule has 0 aromatic heterocycles. The average molecular weight is 300 g/mol. The van der Waals surface area contributed by atoms with Gasteiger partial charge in [-0.25, -0.2) is 0 Å². The fourth-order valence-electron chi connectivity index (χ4n) is 2.40. The molecule has 0 saturated heterocycles. The van der Waals surface area contributed by atoms with Crippen LogP contribution in [0.4, 0.5) is 14.5 Å². The highest BCUT2D eigenvalue weighted by atomic mass is 32.2. The van der Waals surface area contributed by atoms with Crippen molar-refractivity contribution < 1.29 is 13.6 Å². The summed E-state index contributed by atoms with van der Waals surface area (Å²) in [5.74, 6) is -2.50. The number of anilines is 1. The van der Waals surface area contributed by atoms with Gasteiger partial charge in [0.2, 0.25) is 5.91 Å². The molecule has 6 heteroatoms. The van der Waals surface area contributed by atoms with Gasteiger partial charge in [-0.3, -0.25) is 4.79 Å². The highest BCUT2D eigenvalue weighted by Gasteiger charge is 2.37. The van der Waals surface area contributed by atoms with Crippen LogP contribution in [0.3, 0.4) is 0 Å². The first kappa shape index (κ1) is 15.3. The Hall–Kier alpha value is -1.14. The molecular weight excluding hydrogens is 282 g/mol. The van der Waals surface area contributed by atoms with Gasteiger partial charge in [-0.2, -0.15) is 8.78 Å². The van der Waals surface area contributed by atoms with E-state index in [-0.39, 0.29) is 11.3 Å². The van der Waals surface area contributed by atoms with Crippen molar-refractivity contribution in [2.45, 2.75) is 36.3 Å². The van der Waals surface area contributed by atoms with Crippen molar-refractivity contribution in [3.05, 3.63) is 24.3 Å². The first-order chi connectivity index (χ1) is 9.53. The van der Waals surface area contributed by atoms with Gasteiger partial charge in [0.15, 0.2) is 0 Å². The van der Waals surface area contributed by atoms with E-state index < -0.39 is 5.76 Å². The third-order valence-electron chi connectivity index (χ3n) is 3.75. The Bertz CT molecular complexity index is 455. The minimum Gasteiger partial charge on any atom is -0.330 e. The minimum absolute atomic E-state index is 0.0322. The Balaban J connectivity index is 1.88. The number of hydrogen-bond acceptors (Lipinski definition) is 3. The lowest BCUT2D eigenvalue weighted by Crippen LogP contribution is -2.40. The van der Waals surface area contributed by atoms with E-state index in [9.17, 15) is 13.6 Å². The van der Waals surface area contributed by atoms with E-state index in [1.807, 2.05) is 0 Å². The lowest BCUT2D eigenvalue weighted by molar-refractivity contribution is -0.119. The second kappa shape index (κ2) is 6.54. The van der Waals surface area contributed by atoms with E-state index in [1.165, 1.54) is 0 Å². The number of benzene rings is 1. The lowest BCUT2D eigenvalue weighted by Gasteiger charge is -2.40. The zero-order valence-corrected chi connectivity index (χ0v) is 11.9. The molecule has 1 fully saturated rings. The van der Waals surface area contributed by atoms with Gasteiger partial charge in [-0.15, -0.1) is 0 Å². The molecule has 3 N–H and O–H groups in total. The van der Waals surface area contributed by atoms with Crippen LogP contribution in [0.5, 0.6) is 0 Å². The molecule has 0 bridgehead atoms. The quantitative estimate of drug-likeness (QED) is 0.791. The molecule has 1 saturated carbocycles. The Kier molecular flexibility index (Phi) is 4.99. The topological polar surface area (TPSA) is 55.1 Å². The maximum Gasteiger partial charge on any atom is 0.288 e. The molecule has 0 radical (unpaired) electrons. The van der Waals surface area contributed by atoms with Gasteiger partial charge in [0.1, 0.15) is 0 Å². The third kappa shape index (κ3) is 3.93. The number of thioether (sulfide) groups is 1. The van der Waals surface area contributed by atoms with E-state index in [1.54, 1.807) is 24.3 Å². The van der Waals surface area contributed by atoms with Crippen LogP contribution in [0.25, 0.3) is 0 Å². The van der Waals surface area contributed by atoms with Crippen LogP contribution in [-0.2, 0) is 4.79 Å². The van der Waals surface area contributed by atoms with E-state index >= 15 is 0 Å². The predicted molar refractivity (Wildman–Crippen MR) is 76.9 cm³/mol. The molecule has 1 aliphatic carbocycles. The smallest absolute Gasteiger partial charge is 0.288 e. The maximum absolute atomic E-state index is 12.2. The SMILES string of the molecule is NCC1(CC(=O)Nc2ccc(SC(F)F)cc2)CCC1. The van der Waals surface area contributed by atoms with Crippen molar-refractivity contribution in [3.63, 3.8) is 0 Å². The third-order valence-corrected chi connectivity index (χ3v) is 4.47. The Morgan fingerprint density at radius 3 is 2.45 bits per heavy atom. The molecule has 2 rings (SSSR count). The summed E-state index contributed by atoms with van der Waals surface area (Å²) in [5, 5.41) is 2.79. The number of carbonyl (C=O) groups is 1. The number of halogens is 2. The lowest BCUT2D eigenvalue weighted by atomic mass is 9.66. The summed E-state index contributed by atoms with van der Waals surface area (Å²) >= 11 is 0.490. The monoisotopic (exact) mass is 300 g/mol. The van der Waals surface area contributed by atoms with Gasteiger partial charge in [0.25, 0.3) is 5.76 Å². The van der Waals surface area contributed by atoms with Crippen LogP contribution in [0.15, 0.2) is 29.2 Å². The second-order valence-electron chi connectivity index (χ2n) is 5.19. The van der Waals surface area contributed by atoms with Crippen molar-refractivity contribution in [3.8, 4) is 0 Å². The maximum atomic E-state index is 12.2. The van der Waals surface area contributed by atoms with Gasteiger partial charge in [-0.1, -0.05) is 18.2 Å². The van der Waals surface area contributed by atoms with Crippen molar-refractivity contribution in [1.82, 2.24) is 0 Å². The molecule has 20 heavy (non-hydrogen) atoms. The summed E-state index contributed by atoms with van der Waals surface area (Å²) in [7, 11) is 0. The average Bonchev–Trinajstić information content (AvgIpc) is 2.36. The van der Waals surface area contributed by atoms with Crippen molar-refractivity contribution >= 4 is 23.4 Å². The Labute approximate surface area is 121 Å². The van der Waals surface area contributed by atoms with E-state index in [4.69, 9.17) is 5.73 Å². The fraction of sp³-hybridized carbons (Fsp3) is 0.500. The van der Waals surface area contributed by atoms with Crippen LogP contribution >= 0.6 is 11.8 Å². The zero-order valence-electron chi connectivity index (χ0n) is 11.1. The van der Waals surface area contributed by atoms with Gasteiger partial charge >= 0.3 is 0 Å². The van der Waals surface area contributed by atoms with Gasteiger partial charge in [0, 0.05) is 17.0 Å². The van der Waals surface area contributed by atoms with E-state index in [0.29, 0.717) is 35.3 Å². The van der Waals surface area contributed by atoms with Gasteiger partial charge in [-0.05, 0) is 49.1 Å². The first-order valence-electron chi connectivity index (χ1n) is 6.58. The molecule has 0 heterocycles. The summed E-state index contributed by atoms with van der Waals surface area (Å²) in [5.41, 5.74) is 6.32. The van der Waals surface area contributed by atoms with Crippen molar-refractivity contribution in [1.29, 1.82) is 0 Å². The summed E-state index contributed by atoms with van der Waals surface area (Å²) in [4.78, 5) is 12.4. The Morgan fingerprint density at radius 2 is 2.00 bits per heavy atom. The Morgan fingerprint density at radius 1 is 1.35 bits per heavy atom. The van der Waals surface area contributed by atoms with Gasteiger partial charge in [0.05, 0.1) is 0 Å². The number of nitrogens with two attached hydrogens (primary N) is 1. The van der Waals surface area contributed by atoms with Gasteiger partial charge < -0.3 is 11.1 Å². The fourth-order valence-corrected chi connectivity index (χ4v) is 2.89. The summed E-state index contributed by atoms with van der Waals surface area (Å²) < 4.78 is 24.4. The molecule has 0 unspecified atom stereocenters. The van der Waals surface area contributed by atoms with Crippen molar-refractivity contribution in [2.75, 3.05) is 11.9 Å². The number of carbonyl (C=O) groups excluding carboxylic acids is 1. The number of nitrogens with one attached hydrogen (secondary N) is 1. The molecule has 1 amide bonds. The number of rotatable bonds is 6. The van der Waals surface area contributed by atoms with Crippen molar-refractivity contribution in [2.24, 2.45) is 11.1 Å². The molecule has 0 aliphatic heterocycles. The second-order valence-corrected chi connectivity index (χ2v) is 6.25. The molecule has 1 aromatic rings. The highest BCUT2D eigenvalue weighted by molar-refractivity contribution is 7.99. The normalized spacial score (nSPS) is 16.8. The van der Waals surface area contributed by atoms with Crippen LogP contribution in [-0.4, -0.2) is 18.2 Å². The summed E-state index contributed by atoms with van der Waals surface area (Å²) in [6, 6.07) is 6.43. The molecule has 3 nitrogen and oxygen atoms in total. The number of hydrogen-bond donors (Lipinski definition) is 2. The summed E-state index contributed by atoms with van der Waals surface area (Å²) in [6.45, 7) is 0.532. The number of alkyl halides is 2. The molecule has 1 aliphatic rings. The molecular formula is C14H18F2N2OS. The first-order valence-corrected chi connectivity index (χ1v) is 7.46. The molecule has 110 valence electrons. The number of amides is 1. The van der Waals surface area contributed by atoms with Crippen LogP contribution in [0.1, 0.15) is 25.7 Å². The molecule has 0 spiro atoms. The standard InChI is InChI=1S/C14H18F2N2OS/c15-13(16)20-11-4-2-10(3-5-11)18-12(19)8-14(9-17)6-1-7-14/h2-5,13H,1,6-9,17H2,(H,18,19).